The number of amides is 1. The molecule has 2 fully saturated rings. The Hall–Kier alpha value is -1.91. The molecule has 0 atom stereocenters. The molecule has 160 valence electrons. The summed E-state index contributed by atoms with van der Waals surface area (Å²) in [6.45, 7) is 0.241. The minimum absolute atomic E-state index is 0.0393. The average molecular weight is 467 g/mol. The van der Waals surface area contributed by atoms with Gasteiger partial charge in [0.1, 0.15) is 4.32 Å². The van der Waals surface area contributed by atoms with Gasteiger partial charge in [-0.2, -0.15) is 0 Å². The number of carbonyl (C=O) groups excluding carboxylic acids is 1. The number of aliphatic carboxylic acids is 1. The minimum atomic E-state index is -0.922. The van der Waals surface area contributed by atoms with Crippen LogP contribution >= 0.6 is 35.7 Å². The number of rotatable bonds is 8. The molecule has 0 unspecified atom stereocenters. The van der Waals surface area contributed by atoms with Crippen LogP contribution in [0.3, 0.4) is 0 Å². The normalized spacial score (nSPS) is 18.9. The van der Waals surface area contributed by atoms with Crippen molar-refractivity contribution in [3.8, 4) is 0 Å². The van der Waals surface area contributed by atoms with E-state index in [1.807, 2.05) is 0 Å². The van der Waals surface area contributed by atoms with Crippen LogP contribution < -0.4 is 0 Å². The maximum absolute atomic E-state index is 12.6. The molecule has 0 bridgehead atoms. The smallest absolute Gasteiger partial charge is 0.303 e. The Morgan fingerprint density at radius 3 is 2.77 bits per heavy atom. The summed E-state index contributed by atoms with van der Waals surface area (Å²) < 4.78 is 0.371. The number of hydrogen-bond donors (Lipinski definition) is 1. The largest absolute Gasteiger partial charge is 0.481 e. The number of nitro benzene ring substituents is 1. The summed E-state index contributed by atoms with van der Waals surface area (Å²) in [4.78, 5) is 37.0. The number of benzene rings is 1. The molecule has 3 rings (SSSR count). The summed E-state index contributed by atoms with van der Waals surface area (Å²) in [5.74, 6) is -1.21. The Bertz CT molecular complexity index is 896. The highest BCUT2D eigenvalue weighted by Gasteiger charge is 2.32. The summed E-state index contributed by atoms with van der Waals surface area (Å²) in [7, 11) is 0. The van der Waals surface area contributed by atoms with Crippen molar-refractivity contribution in [2.45, 2.75) is 55.1 Å². The van der Waals surface area contributed by atoms with Crippen LogP contribution in [0, 0.1) is 10.1 Å². The summed E-state index contributed by atoms with van der Waals surface area (Å²) in [6.07, 6.45) is 7.60. The van der Waals surface area contributed by atoms with Crippen LogP contribution in [0.4, 0.5) is 5.69 Å². The van der Waals surface area contributed by atoms with E-state index in [-0.39, 0.29) is 29.5 Å². The van der Waals surface area contributed by atoms with Gasteiger partial charge in [0.05, 0.1) is 14.7 Å². The first kappa shape index (κ1) is 22.8. The fourth-order valence-electron chi connectivity index (χ4n) is 3.46. The number of thiocarbonyl (C=S) groups is 1. The first-order chi connectivity index (χ1) is 14.3. The third-order valence-electron chi connectivity index (χ3n) is 4.97. The van der Waals surface area contributed by atoms with Gasteiger partial charge in [0.25, 0.3) is 11.6 Å². The number of nitro groups is 1. The van der Waals surface area contributed by atoms with Crippen molar-refractivity contribution in [3.63, 3.8) is 0 Å². The highest BCUT2D eigenvalue weighted by atomic mass is 32.2. The Balaban J connectivity index is 1.75. The van der Waals surface area contributed by atoms with E-state index in [4.69, 9.17) is 17.3 Å². The van der Waals surface area contributed by atoms with E-state index in [9.17, 15) is 19.7 Å². The van der Waals surface area contributed by atoms with E-state index in [1.54, 1.807) is 30.0 Å². The zero-order chi connectivity index (χ0) is 21.7. The molecule has 1 aromatic rings. The predicted molar refractivity (Wildman–Crippen MR) is 123 cm³/mol. The number of thioether (sulfide) groups is 2. The second kappa shape index (κ2) is 10.4. The molecule has 1 heterocycles. The third kappa shape index (κ3) is 5.83. The molecule has 0 aromatic heterocycles. The van der Waals surface area contributed by atoms with Crippen molar-refractivity contribution in [1.29, 1.82) is 0 Å². The van der Waals surface area contributed by atoms with Gasteiger partial charge in [-0.05, 0) is 37.0 Å². The Labute approximate surface area is 188 Å². The van der Waals surface area contributed by atoms with Crippen LogP contribution in [0.25, 0.3) is 6.08 Å². The summed E-state index contributed by atoms with van der Waals surface area (Å²) in [5.41, 5.74) is 0.622. The fraction of sp³-hybridized carbons (Fsp3) is 0.450. The lowest BCUT2D eigenvalue weighted by atomic mass is 10.0. The molecule has 1 aliphatic carbocycles. The second-order valence-electron chi connectivity index (χ2n) is 7.19. The van der Waals surface area contributed by atoms with E-state index in [0.717, 1.165) is 37.4 Å². The molecule has 10 heteroatoms. The van der Waals surface area contributed by atoms with Crippen LogP contribution in [-0.4, -0.2) is 42.9 Å². The number of hydrogen-bond acceptors (Lipinski definition) is 7. The van der Waals surface area contributed by atoms with Gasteiger partial charge in [0.15, 0.2) is 0 Å². The summed E-state index contributed by atoms with van der Waals surface area (Å²) in [6, 6.07) is 5.05. The number of carboxylic acid groups (broad SMARTS) is 1. The molecule has 0 spiro atoms. The fourth-order valence-corrected chi connectivity index (χ4v) is 6.10. The predicted octanol–water partition coefficient (Wildman–Crippen LogP) is 5.09. The number of carboxylic acids is 1. The average Bonchev–Trinajstić information content (AvgIpc) is 2.97. The third-order valence-corrected chi connectivity index (χ3v) is 7.75. The summed E-state index contributed by atoms with van der Waals surface area (Å²) in [5, 5.41) is 20.8. The molecular formula is C20H22N2O5S3. The van der Waals surface area contributed by atoms with E-state index in [2.05, 4.69) is 0 Å². The molecule has 1 aliphatic heterocycles. The van der Waals surface area contributed by atoms with Crippen molar-refractivity contribution in [2.24, 2.45) is 0 Å². The van der Waals surface area contributed by atoms with Crippen molar-refractivity contribution in [2.75, 3.05) is 6.54 Å². The van der Waals surface area contributed by atoms with Gasteiger partial charge in [-0.1, -0.05) is 49.3 Å². The van der Waals surface area contributed by atoms with Gasteiger partial charge >= 0.3 is 5.97 Å². The molecule has 2 aliphatic rings. The van der Waals surface area contributed by atoms with Gasteiger partial charge in [-0.3, -0.25) is 24.6 Å². The molecule has 0 radical (unpaired) electrons. The lowest BCUT2D eigenvalue weighted by Gasteiger charge is -2.20. The first-order valence-electron chi connectivity index (χ1n) is 9.77. The summed E-state index contributed by atoms with van der Waals surface area (Å²) >= 11 is 7.94. The molecule has 1 saturated carbocycles. The lowest BCUT2D eigenvalue weighted by Crippen LogP contribution is -2.29. The van der Waals surface area contributed by atoms with Crippen molar-refractivity contribution in [1.82, 2.24) is 4.90 Å². The van der Waals surface area contributed by atoms with Crippen LogP contribution in [0.2, 0.25) is 0 Å². The molecule has 30 heavy (non-hydrogen) atoms. The molecule has 1 N–H and O–H groups in total. The Morgan fingerprint density at radius 1 is 1.37 bits per heavy atom. The topological polar surface area (TPSA) is 101 Å². The molecule has 7 nitrogen and oxygen atoms in total. The van der Waals surface area contributed by atoms with E-state index in [1.165, 1.54) is 17.4 Å². The number of carbonyl (C=O) groups is 2. The molecule has 1 saturated heterocycles. The monoisotopic (exact) mass is 466 g/mol. The second-order valence-corrected chi connectivity index (χ2v) is 10.2. The molecule has 1 amide bonds. The maximum Gasteiger partial charge on any atom is 0.303 e. The molecular weight excluding hydrogens is 444 g/mol. The van der Waals surface area contributed by atoms with Gasteiger partial charge in [-0.15, -0.1) is 11.8 Å². The van der Waals surface area contributed by atoms with E-state index < -0.39 is 5.97 Å². The molecule has 1 aromatic carbocycles. The van der Waals surface area contributed by atoms with E-state index >= 15 is 0 Å². The lowest BCUT2D eigenvalue weighted by molar-refractivity contribution is -0.387. The minimum Gasteiger partial charge on any atom is -0.481 e. The van der Waals surface area contributed by atoms with Crippen LogP contribution in [0.15, 0.2) is 28.0 Å². The Morgan fingerprint density at radius 2 is 2.10 bits per heavy atom. The zero-order valence-corrected chi connectivity index (χ0v) is 18.7. The van der Waals surface area contributed by atoms with Crippen LogP contribution in [0.5, 0.6) is 0 Å². The van der Waals surface area contributed by atoms with Crippen molar-refractivity contribution in [3.05, 3.63) is 38.8 Å². The SMILES string of the molecule is O=C(O)CCCN1C(=O)/C(=C/c2ccc(SC3CCCCC3)c([N+](=O)[O-])c2)SC1=S. The Kier molecular flexibility index (Phi) is 7.90. The van der Waals surface area contributed by atoms with Gasteiger partial charge in [0, 0.05) is 24.3 Å². The van der Waals surface area contributed by atoms with Gasteiger partial charge in [-0.25, -0.2) is 0 Å². The van der Waals surface area contributed by atoms with E-state index in [0.29, 0.717) is 31.4 Å². The van der Waals surface area contributed by atoms with Crippen LogP contribution in [-0.2, 0) is 9.59 Å². The zero-order valence-electron chi connectivity index (χ0n) is 16.2. The quantitative estimate of drug-likeness (QED) is 0.245. The van der Waals surface area contributed by atoms with Crippen LogP contribution in [0.1, 0.15) is 50.5 Å². The number of nitrogens with zero attached hydrogens (tertiary/aromatic N) is 2. The van der Waals surface area contributed by atoms with Gasteiger partial charge in [0.2, 0.25) is 0 Å². The standard InChI is InChI=1S/C20H22N2O5S3/c23-18(24)7-4-10-21-19(25)17(30-20(21)28)12-13-8-9-16(15(11-13)22(26)27)29-14-5-2-1-3-6-14/h8-9,11-12,14H,1-7,10H2,(H,23,24)/b17-12-. The highest BCUT2D eigenvalue weighted by molar-refractivity contribution is 8.26. The first-order valence-corrected chi connectivity index (χ1v) is 11.9. The van der Waals surface area contributed by atoms with Crippen molar-refractivity contribution >= 4 is 63.7 Å². The highest BCUT2D eigenvalue weighted by Crippen LogP contribution is 2.39. The maximum atomic E-state index is 12.6. The van der Waals surface area contributed by atoms with Gasteiger partial charge < -0.3 is 5.11 Å². The van der Waals surface area contributed by atoms with Crippen molar-refractivity contribution < 1.29 is 19.6 Å².